The normalized spacial score (nSPS) is 11.4. The molecule has 0 aliphatic carbocycles. The van der Waals surface area contributed by atoms with Crippen molar-refractivity contribution in [2.24, 2.45) is 7.05 Å². The van der Waals surface area contributed by atoms with Crippen molar-refractivity contribution in [1.82, 2.24) is 13.9 Å². The predicted molar refractivity (Wildman–Crippen MR) is 120 cm³/mol. The van der Waals surface area contributed by atoms with Crippen molar-refractivity contribution in [3.05, 3.63) is 52.7 Å². The first-order valence-electron chi connectivity index (χ1n) is 9.42. The number of aromatic nitrogens is 2. The molecule has 0 saturated carbocycles. The van der Waals surface area contributed by atoms with E-state index in [1.165, 1.54) is 0 Å². The molecule has 0 unspecified atom stereocenters. The number of ether oxygens (including phenoxy) is 2. The van der Waals surface area contributed by atoms with Gasteiger partial charge in [0, 0.05) is 43.0 Å². The summed E-state index contributed by atoms with van der Waals surface area (Å²) in [4.78, 5) is 16.6. The Morgan fingerprint density at radius 2 is 1.83 bits per heavy atom. The first-order chi connectivity index (χ1) is 13.8. The largest absolute Gasteiger partial charge is 0.496 e. The van der Waals surface area contributed by atoms with Gasteiger partial charge in [0.15, 0.2) is 0 Å². The van der Waals surface area contributed by atoms with E-state index in [1.54, 1.807) is 50.2 Å². The molecule has 7 heteroatoms. The van der Waals surface area contributed by atoms with Crippen molar-refractivity contribution >= 4 is 22.7 Å². The Labute approximate surface area is 175 Å². The van der Waals surface area contributed by atoms with Crippen molar-refractivity contribution in [3.8, 4) is 22.6 Å². The second kappa shape index (κ2) is 8.88. The van der Waals surface area contributed by atoms with Crippen LogP contribution in [0.1, 0.15) is 19.4 Å². The standard InChI is InChI=1S/C22H27N3O3S/c1-14(2)29-25(4)13-19-20(27-5)9-15(10-21(19)28-6)18-12-24(3)22(26)17-11-23-8-7-16(17)18/h7-12,14H,13H2,1-6H3. The fourth-order valence-electron chi connectivity index (χ4n) is 3.46. The quantitative estimate of drug-likeness (QED) is 0.544. The van der Waals surface area contributed by atoms with E-state index in [4.69, 9.17) is 9.47 Å². The van der Waals surface area contributed by atoms with Gasteiger partial charge in [-0.1, -0.05) is 25.8 Å². The molecule has 3 aromatic rings. The van der Waals surface area contributed by atoms with Crippen LogP contribution in [0.5, 0.6) is 11.5 Å². The minimum absolute atomic E-state index is 0.0697. The minimum atomic E-state index is -0.0697. The van der Waals surface area contributed by atoms with E-state index >= 15 is 0 Å². The molecule has 0 amide bonds. The summed E-state index contributed by atoms with van der Waals surface area (Å²) in [5, 5.41) is 1.93. The Morgan fingerprint density at radius 1 is 1.17 bits per heavy atom. The zero-order valence-electron chi connectivity index (χ0n) is 17.7. The Balaban J connectivity index is 2.17. The molecule has 0 radical (unpaired) electrons. The van der Waals surface area contributed by atoms with Gasteiger partial charge >= 0.3 is 0 Å². The van der Waals surface area contributed by atoms with Crippen LogP contribution >= 0.6 is 11.9 Å². The molecular formula is C22H27N3O3S. The summed E-state index contributed by atoms with van der Waals surface area (Å²) in [6, 6.07) is 5.88. The van der Waals surface area contributed by atoms with Crippen LogP contribution in [0.2, 0.25) is 0 Å². The summed E-state index contributed by atoms with van der Waals surface area (Å²) in [6.45, 7) is 5.02. The zero-order valence-corrected chi connectivity index (χ0v) is 18.5. The van der Waals surface area contributed by atoms with Crippen molar-refractivity contribution in [3.63, 3.8) is 0 Å². The lowest BCUT2D eigenvalue weighted by atomic mass is 9.99. The molecule has 154 valence electrons. The first-order valence-corrected chi connectivity index (χ1v) is 10.3. The number of methoxy groups -OCH3 is 2. The predicted octanol–water partition coefficient (Wildman–Crippen LogP) is 4.11. The Bertz CT molecular complexity index is 1050. The molecule has 2 heterocycles. The number of fused-ring (bicyclic) bond motifs is 1. The van der Waals surface area contributed by atoms with E-state index in [0.717, 1.165) is 33.6 Å². The van der Waals surface area contributed by atoms with Crippen molar-refractivity contribution in [1.29, 1.82) is 0 Å². The molecule has 0 aliphatic heterocycles. The molecule has 0 spiro atoms. The van der Waals surface area contributed by atoms with Crippen LogP contribution in [-0.2, 0) is 13.6 Å². The lowest BCUT2D eigenvalue weighted by Gasteiger charge is -2.22. The fraction of sp³-hybridized carbons (Fsp3) is 0.364. The smallest absolute Gasteiger partial charge is 0.259 e. The SMILES string of the molecule is COc1cc(-c2cn(C)c(=O)c3cnccc23)cc(OC)c1CN(C)SC(C)C. The molecule has 0 fully saturated rings. The average Bonchev–Trinajstić information content (AvgIpc) is 2.70. The molecule has 0 N–H and O–H groups in total. The van der Waals surface area contributed by atoms with Gasteiger partial charge in [-0.05, 0) is 36.2 Å². The summed E-state index contributed by atoms with van der Waals surface area (Å²) >= 11 is 1.77. The van der Waals surface area contributed by atoms with E-state index in [0.29, 0.717) is 17.2 Å². The second-order valence-corrected chi connectivity index (χ2v) is 8.96. The van der Waals surface area contributed by atoms with Crippen molar-refractivity contribution in [2.45, 2.75) is 25.6 Å². The van der Waals surface area contributed by atoms with Crippen LogP contribution in [0.4, 0.5) is 0 Å². The monoisotopic (exact) mass is 413 g/mol. The lowest BCUT2D eigenvalue weighted by molar-refractivity contribution is 0.376. The van der Waals surface area contributed by atoms with Crippen LogP contribution in [0.3, 0.4) is 0 Å². The highest BCUT2D eigenvalue weighted by atomic mass is 32.2. The van der Waals surface area contributed by atoms with Gasteiger partial charge in [-0.2, -0.15) is 0 Å². The number of pyridine rings is 2. The van der Waals surface area contributed by atoms with Gasteiger partial charge in [0.25, 0.3) is 5.56 Å². The maximum atomic E-state index is 12.5. The number of benzene rings is 1. The highest BCUT2D eigenvalue weighted by Crippen LogP contribution is 2.38. The highest BCUT2D eigenvalue weighted by Gasteiger charge is 2.18. The Hall–Kier alpha value is -2.51. The van der Waals surface area contributed by atoms with Gasteiger partial charge in [-0.15, -0.1) is 0 Å². The molecule has 0 bridgehead atoms. The number of rotatable bonds is 7. The van der Waals surface area contributed by atoms with Crippen molar-refractivity contribution in [2.75, 3.05) is 21.3 Å². The van der Waals surface area contributed by atoms with Gasteiger partial charge in [-0.25, -0.2) is 4.31 Å². The Morgan fingerprint density at radius 3 is 2.41 bits per heavy atom. The maximum Gasteiger partial charge on any atom is 0.259 e. The fourth-order valence-corrected chi connectivity index (χ4v) is 4.38. The van der Waals surface area contributed by atoms with Crippen molar-refractivity contribution < 1.29 is 9.47 Å². The Kier molecular flexibility index (Phi) is 6.49. The molecule has 2 aromatic heterocycles. The van der Waals surface area contributed by atoms with Crippen LogP contribution < -0.4 is 15.0 Å². The molecule has 0 atom stereocenters. The molecule has 3 rings (SSSR count). The number of hydrogen-bond acceptors (Lipinski definition) is 6. The summed E-state index contributed by atoms with van der Waals surface area (Å²) in [5.74, 6) is 1.51. The average molecular weight is 414 g/mol. The molecule has 29 heavy (non-hydrogen) atoms. The lowest BCUT2D eigenvalue weighted by Crippen LogP contribution is -2.17. The highest BCUT2D eigenvalue weighted by molar-refractivity contribution is 7.97. The number of aryl methyl sites for hydroxylation is 1. The summed E-state index contributed by atoms with van der Waals surface area (Å²) in [7, 11) is 7.14. The van der Waals surface area contributed by atoms with Crippen LogP contribution in [0.25, 0.3) is 21.9 Å². The molecular weight excluding hydrogens is 386 g/mol. The van der Waals surface area contributed by atoms with Gasteiger partial charge in [0.1, 0.15) is 11.5 Å². The van der Waals surface area contributed by atoms with E-state index < -0.39 is 0 Å². The molecule has 6 nitrogen and oxygen atoms in total. The zero-order chi connectivity index (χ0) is 21.1. The second-order valence-electron chi connectivity index (χ2n) is 7.18. The van der Waals surface area contributed by atoms with E-state index in [-0.39, 0.29) is 5.56 Å². The van der Waals surface area contributed by atoms with Gasteiger partial charge < -0.3 is 14.0 Å². The van der Waals surface area contributed by atoms with Gasteiger partial charge in [0.2, 0.25) is 0 Å². The van der Waals surface area contributed by atoms with Crippen LogP contribution in [0, 0.1) is 0 Å². The number of hydrogen-bond donors (Lipinski definition) is 0. The third-order valence-electron chi connectivity index (χ3n) is 4.68. The molecule has 0 aliphatic rings. The van der Waals surface area contributed by atoms with E-state index in [1.807, 2.05) is 24.4 Å². The summed E-state index contributed by atoms with van der Waals surface area (Å²) < 4.78 is 15.2. The molecule has 1 aromatic carbocycles. The minimum Gasteiger partial charge on any atom is -0.496 e. The summed E-state index contributed by atoms with van der Waals surface area (Å²) in [5.41, 5.74) is 2.77. The van der Waals surface area contributed by atoms with E-state index in [9.17, 15) is 4.79 Å². The first kappa shape index (κ1) is 21.2. The summed E-state index contributed by atoms with van der Waals surface area (Å²) in [6.07, 6.45) is 5.16. The van der Waals surface area contributed by atoms with Crippen LogP contribution in [0.15, 0.2) is 41.6 Å². The van der Waals surface area contributed by atoms with Gasteiger partial charge in [0.05, 0.1) is 25.2 Å². The number of nitrogens with zero attached hydrogens (tertiary/aromatic N) is 3. The van der Waals surface area contributed by atoms with E-state index in [2.05, 4.69) is 30.2 Å². The topological polar surface area (TPSA) is 56.6 Å². The van der Waals surface area contributed by atoms with Gasteiger partial charge in [-0.3, -0.25) is 9.78 Å². The third-order valence-corrected chi connectivity index (χ3v) is 5.59. The third kappa shape index (κ3) is 4.41. The molecule has 0 saturated heterocycles. The maximum absolute atomic E-state index is 12.5. The van der Waals surface area contributed by atoms with Crippen LogP contribution in [-0.4, -0.2) is 40.4 Å².